The molecular formula is C8H15NO9S2. The number of nitrogens with zero attached hydrogens (tertiary/aromatic N) is 1. The van der Waals surface area contributed by atoms with E-state index in [0.29, 0.717) is 11.8 Å². The molecule has 118 valence electrons. The van der Waals surface area contributed by atoms with Gasteiger partial charge in [0.15, 0.2) is 0 Å². The van der Waals surface area contributed by atoms with E-state index in [0.717, 1.165) is 0 Å². The Hall–Kier alpha value is -0.470. The van der Waals surface area contributed by atoms with Crippen molar-refractivity contribution in [2.45, 2.75) is 36.8 Å². The van der Waals surface area contributed by atoms with Crippen LogP contribution >= 0.6 is 11.8 Å². The number of rotatable bonds is 4. The Balaban J connectivity index is 2.71. The van der Waals surface area contributed by atoms with Crippen LogP contribution in [0.1, 0.15) is 6.92 Å². The molecule has 0 unspecified atom stereocenters. The topological polar surface area (TPSA) is 166 Å². The highest BCUT2D eigenvalue weighted by atomic mass is 32.3. The molecule has 0 amide bonds. The van der Waals surface area contributed by atoms with E-state index in [1.54, 1.807) is 0 Å². The molecule has 1 fully saturated rings. The fraction of sp³-hybridized carbons (Fsp3) is 0.875. The maximum Gasteiger partial charge on any atom is 0.466 e. The standard InChI is InChI=1S/C8H15NO9S2/c1-3(9-18-20(14,15)16)19-8-7(13)6(12)5(11)4(2-10)17-8/h4-8,10-13H,2H2,1H3,(H,14,15,16)/b9-3-/t4-,5+,6+,7-,8+/m1/s1. The molecule has 1 heterocycles. The Bertz CT molecular complexity index is 451. The maximum absolute atomic E-state index is 10.3. The first-order valence-corrected chi connectivity index (χ1v) is 7.58. The summed E-state index contributed by atoms with van der Waals surface area (Å²) in [5, 5.41) is 40.8. The van der Waals surface area contributed by atoms with Gasteiger partial charge in [-0.3, -0.25) is 4.55 Å². The highest BCUT2D eigenvalue weighted by molar-refractivity contribution is 8.14. The van der Waals surface area contributed by atoms with Gasteiger partial charge in [-0.25, -0.2) is 4.28 Å². The first-order chi connectivity index (χ1) is 9.15. The van der Waals surface area contributed by atoms with Crippen molar-refractivity contribution in [1.82, 2.24) is 0 Å². The first-order valence-electron chi connectivity index (χ1n) is 5.33. The predicted molar refractivity (Wildman–Crippen MR) is 67.1 cm³/mol. The molecule has 0 aromatic rings. The van der Waals surface area contributed by atoms with Gasteiger partial charge in [0.2, 0.25) is 0 Å². The molecule has 1 aliphatic rings. The number of hydrogen-bond donors (Lipinski definition) is 5. The Morgan fingerprint density at radius 3 is 2.40 bits per heavy atom. The SMILES string of the molecule is C/C(=N/OS(=O)(=O)O)S[C@@H]1O[C@H](CO)[C@H](O)[C@H](O)[C@H]1O. The summed E-state index contributed by atoms with van der Waals surface area (Å²) in [7, 11) is -4.74. The first kappa shape index (κ1) is 17.6. The van der Waals surface area contributed by atoms with Gasteiger partial charge < -0.3 is 25.2 Å². The van der Waals surface area contributed by atoms with Crippen LogP contribution in [0.15, 0.2) is 5.16 Å². The minimum absolute atomic E-state index is 0.0352. The maximum atomic E-state index is 10.3. The second-order valence-corrected chi connectivity index (χ2v) is 6.22. The van der Waals surface area contributed by atoms with Crippen molar-refractivity contribution in [3.63, 3.8) is 0 Å². The van der Waals surface area contributed by atoms with Crippen LogP contribution in [0.4, 0.5) is 0 Å². The number of ether oxygens (including phenoxy) is 1. The van der Waals surface area contributed by atoms with E-state index >= 15 is 0 Å². The Morgan fingerprint density at radius 1 is 1.30 bits per heavy atom. The minimum atomic E-state index is -4.74. The van der Waals surface area contributed by atoms with E-state index in [1.165, 1.54) is 6.92 Å². The third kappa shape index (κ3) is 4.82. The lowest BCUT2D eigenvalue weighted by Crippen LogP contribution is -2.57. The van der Waals surface area contributed by atoms with Crippen LogP contribution in [0.25, 0.3) is 0 Å². The summed E-state index contributed by atoms with van der Waals surface area (Å²) in [5.41, 5.74) is -1.11. The molecule has 0 aromatic carbocycles. The molecule has 20 heavy (non-hydrogen) atoms. The van der Waals surface area contributed by atoms with Crippen LogP contribution < -0.4 is 0 Å². The normalized spacial score (nSPS) is 35.9. The number of aliphatic hydroxyl groups is 4. The fourth-order valence-corrected chi connectivity index (χ4v) is 2.62. The zero-order valence-electron chi connectivity index (χ0n) is 10.2. The van der Waals surface area contributed by atoms with E-state index in [4.69, 9.17) is 14.4 Å². The van der Waals surface area contributed by atoms with E-state index < -0.39 is 46.9 Å². The van der Waals surface area contributed by atoms with Gasteiger partial charge in [-0.2, -0.15) is 8.42 Å². The van der Waals surface area contributed by atoms with Gasteiger partial charge >= 0.3 is 10.4 Å². The highest BCUT2D eigenvalue weighted by Crippen LogP contribution is 2.29. The van der Waals surface area contributed by atoms with Crippen molar-refractivity contribution >= 4 is 27.2 Å². The molecule has 1 aliphatic heterocycles. The van der Waals surface area contributed by atoms with E-state index in [9.17, 15) is 23.7 Å². The Kier molecular flexibility index (Phi) is 6.15. The van der Waals surface area contributed by atoms with Crippen LogP contribution in [0.5, 0.6) is 0 Å². The average molecular weight is 333 g/mol. The molecule has 5 atom stereocenters. The van der Waals surface area contributed by atoms with Crippen molar-refractivity contribution in [1.29, 1.82) is 0 Å². The number of thioether (sulfide) groups is 1. The smallest absolute Gasteiger partial charge is 0.394 e. The van der Waals surface area contributed by atoms with Crippen LogP contribution in [-0.4, -0.2) is 74.9 Å². The minimum Gasteiger partial charge on any atom is -0.394 e. The van der Waals surface area contributed by atoms with Crippen molar-refractivity contribution in [3.8, 4) is 0 Å². The monoisotopic (exact) mass is 333 g/mol. The second kappa shape index (κ2) is 7.00. The molecule has 1 saturated heterocycles. The van der Waals surface area contributed by atoms with Crippen LogP contribution in [0.3, 0.4) is 0 Å². The summed E-state index contributed by atoms with van der Waals surface area (Å²) in [6, 6.07) is 0. The predicted octanol–water partition coefficient (Wildman–Crippen LogP) is -2.33. The Morgan fingerprint density at radius 2 is 1.90 bits per heavy atom. The van der Waals surface area contributed by atoms with Gasteiger partial charge in [0, 0.05) is 0 Å². The summed E-state index contributed by atoms with van der Waals surface area (Å²) < 4.78 is 37.9. The summed E-state index contributed by atoms with van der Waals surface area (Å²) in [6.45, 7) is 0.719. The highest BCUT2D eigenvalue weighted by Gasteiger charge is 2.43. The van der Waals surface area contributed by atoms with Gasteiger partial charge in [-0.1, -0.05) is 16.9 Å². The quantitative estimate of drug-likeness (QED) is 0.163. The summed E-state index contributed by atoms with van der Waals surface area (Å²) in [6.07, 6.45) is -5.61. The van der Waals surface area contributed by atoms with Crippen molar-refractivity contribution in [3.05, 3.63) is 0 Å². The zero-order chi connectivity index (χ0) is 15.5. The van der Waals surface area contributed by atoms with Gasteiger partial charge in [0.25, 0.3) is 0 Å². The van der Waals surface area contributed by atoms with Crippen molar-refractivity contribution < 1.29 is 42.4 Å². The van der Waals surface area contributed by atoms with Gasteiger partial charge in [-0.05, 0) is 6.92 Å². The molecule has 5 N–H and O–H groups in total. The van der Waals surface area contributed by atoms with E-state index in [2.05, 4.69) is 9.44 Å². The van der Waals surface area contributed by atoms with Crippen LogP contribution in [-0.2, 0) is 19.4 Å². The molecule has 0 aliphatic carbocycles. The molecule has 1 rings (SSSR count). The van der Waals surface area contributed by atoms with Gasteiger partial charge in [0.05, 0.1) is 6.61 Å². The lowest BCUT2D eigenvalue weighted by molar-refractivity contribution is -0.205. The molecule has 10 nitrogen and oxygen atoms in total. The lowest BCUT2D eigenvalue weighted by Gasteiger charge is -2.39. The summed E-state index contributed by atoms with van der Waals surface area (Å²) in [4.78, 5) is 0. The molecule has 0 spiro atoms. The number of aliphatic hydroxyl groups excluding tert-OH is 4. The van der Waals surface area contributed by atoms with E-state index in [-0.39, 0.29) is 5.04 Å². The number of hydrogen-bond acceptors (Lipinski definition) is 10. The lowest BCUT2D eigenvalue weighted by atomic mass is 10.0. The molecule has 0 saturated carbocycles. The molecule has 0 aromatic heterocycles. The summed E-state index contributed by atoms with van der Waals surface area (Å²) in [5.74, 6) is 0. The van der Waals surface area contributed by atoms with Crippen molar-refractivity contribution in [2.24, 2.45) is 5.16 Å². The van der Waals surface area contributed by atoms with Gasteiger partial charge in [-0.15, -0.1) is 0 Å². The Labute approximate surface area is 119 Å². The zero-order valence-corrected chi connectivity index (χ0v) is 11.9. The summed E-state index contributed by atoms with van der Waals surface area (Å²) >= 11 is 0.689. The molecule has 0 radical (unpaired) electrons. The third-order valence-corrected chi connectivity index (χ3v) is 3.70. The second-order valence-electron chi connectivity index (χ2n) is 3.93. The van der Waals surface area contributed by atoms with Gasteiger partial charge in [0.1, 0.15) is 34.9 Å². The van der Waals surface area contributed by atoms with Crippen LogP contribution in [0, 0.1) is 0 Å². The van der Waals surface area contributed by atoms with Crippen molar-refractivity contribution in [2.75, 3.05) is 6.61 Å². The fourth-order valence-electron chi connectivity index (χ4n) is 1.45. The largest absolute Gasteiger partial charge is 0.466 e. The average Bonchev–Trinajstić information content (AvgIpc) is 2.36. The van der Waals surface area contributed by atoms with E-state index in [1.807, 2.05) is 0 Å². The van der Waals surface area contributed by atoms with Crippen LogP contribution in [0.2, 0.25) is 0 Å². The molecule has 0 bridgehead atoms. The third-order valence-electron chi connectivity index (χ3n) is 2.40. The molecular weight excluding hydrogens is 318 g/mol. The molecule has 12 heteroatoms. The number of oxime groups is 1.